The summed E-state index contributed by atoms with van der Waals surface area (Å²) < 4.78 is 0. The third-order valence-corrected chi connectivity index (χ3v) is 7.86. The Morgan fingerprint density at radius 1 is 1.23 bits per heavy atom. The van der Waals surface area contributed by atoms with Crippen LogP contribution < -0.4 is 15.5 Å². The van der Waals surface area contributed by atoms with E-state index >= 15 is 0 Å². The maximum Gasteiger partial charge on any atom is 0.247 e. The number of nitrogens with zero attached hydrogens (tertiary/aromatic N) is 4. The summed E-state index contributed by atoms with van der Waals surface area (Å²) in [6, 6.07) is -0.0804. The van der Waals surface area contributed by atoms with Crippen LogP contribution in [0.1, 0.15) is 51.6 Å². The van der Waals surface area contributed by atoms with Gasteiger partial charge in [-0.15, -0.1) is 0 Å². The Bertz CT molecular complexity index is 896. The van der Waals surface area contributed by atoms with Crippen LogP contribution in [0.25, 0.3) is 0 Å². The summed E-state index contributed by atoms with van der Waals surface area (Å²) in [6.07, 6.45) is 6.04. The van der Waals surface area contributed by atoms with Crippen molar-refractivity contribution in [2.45, 2.75) is 65.0 Å². The number of likely N-dealkylation sites (N-methyl/N-ethyl adjacent to an activating group) is 1. The van der Waals surface area contributed by atoms with Gasteiger partial charge in [-0.3, -0.25) is 9.59 Å². The number of carbonyl (C=O) groups excluding carboxylic acids is 2. The van der Waals surface area contributed by atoms with Crippen LogP contribution in [0.3, 0.4) is 0 Å². The van der Waals surface area contributed by atoms with Crippen LogP contribution in [-0.2, 0) is 9.59 Å². The molecule has 2 aliphatic carbocycles. The number of fused-ring (bicyclic) bond motifs is 3. The number of nitrogens with one attached hydrogen (secondary N) is 2. The third-order valence-electron chi connectivity index (χ3n) is 7.86. The lowest BCUT2D eigenvalue weighted by atomic mass is 9.86. The molecule has 2 bridgehead atoms. The standard InChI is InChI=1S/C23H34N6O2/c1-12(2)20-22(31)26-19-13(3)24-23(27-21(19)28(20)4)25-17-10-29(11-17)18(30)9-16-8-14-5-6-15(16)7-14/h12,14-17,20H,5-11H2,1-4H3,(H,26,31)(H,24,25,27)/t14?,15?,16?,20-/m0/s1. The maximum atomic E-state index is 12.7. The van der Waals surface area contributed by atoms with Gasteiger partial charge in [0.2, 0.25) is 17.8 Å². The quantitative estimate of drug-likeness (QED) is 0.752. The Labute approximate surface area is 184 Å². The molecule has 3 fully saturated rings. The van der Waals surface area contributed by atoms with Gasteiger partial charge in [0.1, 0.15) is 11.7 Å². The Hall–Kier alpha value is -2.38. The number of carbonyl (C=O) groups is 2. The van der Waals surface area contributed by atoms with Crippen molar-refractivity contribution < 1.29 is 9.59 Å². The van der Waals surface area contributed by atoms with Crippen LogP contribution in [0, 0.1) is 30.6 Å². The highest BCUT2D eigenvalue weighted by Gasteiger charge is 2.42. The summed E-state index contributed by atoms with van der Waals surface area (Å²) in [7, 11) is 1.91. The van der Waals surface area contributed by atoms with Crippen molar-refractivity contribution in [3.05, 3.63) is 5.69 Å². The number of rotatable bonds is 5. The van der Waals surface area contributed by atoms with Crippen LogP contribution >= 0.6 is 0 Å². The minimum absolute atomic E-state index is 0.0129. The zero-order chi connectivity index (χ0) is 21.9. The molecule has 0 radical (unpaired) electrons. The molecule has 1 aromatic heterocycles. The molecule has 2 N–H and O–H groups in total. The molecule has 3 heterocycles. The van der Waals surface area contributed by atoms with Gasteiger partial charge >= 0.3 is 0 Å². The van der Waals surface area contributed by atoms with Crippen molar-refractivity contribution in [2.24, 2.45) is 23.7 Å². The normalized spacial score (nSPS) is 29.8. The molecule has 31 heavy (non-hydrogen) atoms. The SMILES string of the molecule is Cc1nc(NC2CN(C(=O)CC3CC4CCC3C4)C2)nc2c1NC(=O)[C@H](C(C)C)N2C. The van der Waals surface area contributed by atoms with Crippen molar-refractivity contribution in [3.8, 4) is 0 Å². The summed E-state index contributed by atoms with van der Waals surface area (Å²) >= 11 is 0. The predicted octanol–water partition coefficient (Wildman–Crippen LogP) is 2.65. The number of anilines is 3. The van der Waals surface area contributed by atoms with Crippen LogP contribution in [0.15, 0.2) is 0 Å². The summed E-state index contributed by atoms with van der Waals surface area (Å²) in [6.45, 7) is 7.38. The molecule has 168 valence electrons. The molecule has 1 saturated heterocycles. The van der Waals surface area contributed by atoms with Gasteiger partial charge in [-0.05, 0) is 49.9 Å². The molecule has 8 nitrogen and oxygen atoms in total. The topological polar surface area (TPSA) is 90.5 Å². The Kier molecular flexibility index (Phi) is 5.06. The molecule has 0 aromatic carbocycles. The Balaban J connectivity index is 1.20. The number of likely N-dealkylation sites (tertiary alicyclic amines) is 1. The van der Waals surface area contributed by atoms with E-state index < -0.39 is 0 Å². The molecule has 4 aliphatic rings. The van der Waals surface area contributed by atoms with Crippen molar-refractivity contribution in [1.82, 2.24) is 14.9 Å². The van der Waals surface area contributed by atoms with Crippen molar-refractivity contribution in [3.63, 3.8) is 0 Å². The second-order valence-corrected chi connectivity index (χ2v) is 10.4. The minimum Gasteiger partial charge on any atom is -0.348 e. The highest BCUT2D eigenvalue weighted by atomic mass is 16.2. The van der Waals surface area contributed by atoms with Crippen LogP contribution in [-0.4, -0.2) is 58.9 Å². The van der Waals surface area contributed by atoms with Gasteiger partial charge < -0.3 is 20.4 Å². The van der Waals surface area contributed by atoms with E-state index in [0.29, 0.717) is 36.6 Å². The molecule has 0 spiro atoms. The second-order valence-electron chi connectivity index (χ2n) is 10.4. The van der Waals surface area contributed by atoms with Gasteiger partial charge in [0, 0.05) is 26.6 Å². The summed E-state index contributed by atoms with van der Waals surface area (Å²) in [5, 5.41) is 6.38. The first-order valence-corrected chi connectivity index (χ1v) is 11.8. The van der Waals surface area contributed by atoms with Crippen molar-refractivity contribution in [2.75, 3.05) is 35.7 Å². The van der Waals surface area contributed by atoms with E-state index in [1.807, 2.05) is 37.6 Å². The number of hydrogen-bond donors (Lipinski definition) is 2. The van der Waals surface area contributed by atoms with Crippen LogP contribution in [0.2, 0.25) is 0 Å². The molecule has 2 saturated carbocycles. The smallest absolute Gasteiger partial charge is 0.247 e. The van der Waals surface area contributed by atoms with Gasteiger partial charge in [0.25, 0.3) is 0 Å². The first-order chi connectivity index (χ1) is 14.8. The van der Waals surface area contributed by atoms with E-state index in [-0.39, 0.29) is 23.9 Å². The van der Waals surface area contributed by atoms with E-state index in [9.17, 15) is 9.59 Å². The van der Waals surface area contributed by atoms with Crippen LogP contribution in [0.5, 0.6) is 0 Å². The molecule has 3 unspecified atom stereocenters. The number of amides is 2. The van der Waals surface area contributed by atoms with Crippen LogP contribution in [0.4, 0.5) is 17.5 Å². The molecular formula is C23H34N6O2. The predicted molar refractivity (Wildman–Crippen MR) is 120 cm³/mol. The highest BCUT2D eigenvalue weighted by molar-refractivity contribution is 6.03. The number of aromatic nitrogens is 2. The first-order valence-electron chi connectivity index (χ1n) is 11.8. The van der Waals surface area contributed by atoms with Gasteiger partial charge in [-0.1, -0.05) is 20.3 Å². The molecule has 1 aromatic rings. The molecule has 2 amide bonds. The average molecular weight is 427 g/mol. The lowest BCUT2D eigenvalue weighted by Crippen LogP contribution is -2.57. The van der Waals surface area contributed by atoms with E-state index in [0.717, 1.165) is 29.8 Å². The maximum absolute atomic E-state index is 12.7. The number of aryl methyl sites for hydroxylation is 1. The van der Waals surface area contributed by atoms with Crippen molar-refractivity contribution in [1.29, 1.82) is 0 Å². The van der Waals surface area contributed by atoms with E-state index in [1.54, 1.807) is 0 Å². The highest BCUT2D eigenvalue weighted by Crippen LogP contribution is 2.49. The fraction of sp³-hybridized carbons (Fsp3) is 0.739. The zero-order valence-corrected chi connectivity index (χ0v) is 19.0. The summed E-state index contributed by atoms with van der Waals surface area (Å²) in [5.41, 5.74) is 1.43. The van der Waals surface area contributed by atoms with Gasteiger partial charge in [-0.25, -0.2) is 4.98 Å². The minimum atomic E-state index is -0.252. The molecular weight excluding hydrogens is 392 g/mol. The molecule has 4 atom stereocenters. The summed E-state index contributed by atoms with van der Waals surface area (Å²) in [4.78, 5) is 38.4. The van der Waals surface area contributed by atoms with Crippen molar-refractivity contribution >= 4 is 29.3 Å². The number of hydrogen-bond acceptors (Lipinski definition) is 6. The van der Waals surface area contributed by atoms with E-state index in [2.05, 4.69) is 15.6 Å². The Morgan fingerprint density at radius 3 is 2.65 bits per heavy atom. The molecule has 5 rings (SSSR count). The fourth-order valence-corrected chi connectivity index (χ4v) is 6.21. The van der Waals surface area contributed by atoms with E-state index in [1.165, 1.54) is 25.7 Å². The fourth-order valence-electron chi connectivity index (χ4n) is 6.21. The molecule has 8 heteroatoms. The summed E-state index contributed by atoms with van der Waals surface area (Å²) in [5.74, 6) is 4.07. The van der Waals surface area contributed by atoms with Gasteiger partial charge in [-0.2, -0.15) is 4.98 Å². The van der Waals surface area contributed by atoms with E-state index in [4.69, 9.17) is 4.98 Å². The lowest BCUT2D eigenvalue weighted by molar-refractivity contribution is -0.136. The average Bonchev–Trinajstić information content (AvgIpc) is 3.28. The largest absolute Gasteiger partial charge is 0.348 e. The monoisotopic (exact) mass is 426 g/mol. The van der Waals surface area contributed by atoms with Gasteiger partial charge in [0.15, 0.2) is 5.82 Å². The Morgan fingerprint density at radius 2 is 2.00 bits per heavy atom. The first kappa shape index (κ1) is 20.5. The lowest BCUT2D eigenvalue weighted by Gasteiger charge is -2.41. The second kappa shape index (κ2) is 7.64. The third kappa shape index (κ3) is 3.64. The zero-order valence-electron chi connectivity index (χ0n) is 19.0. The molecule has 2 aliphatic heterocycles. The van der Waals surface area contributed by atoms with Gasteiger partial charge in [0.05, 0.1) is 11.7 Å².